The molecule has 2 aromatic heterocycles. The van der Waals surface area contributed by atoms with Crippen LogP contribution in [0, 0.1) is 6.92 Å². The van der Waals surface area contributed by atoms with Gasteiger partial charge in [0.2, 0.25) is 0 Å². The van der Waals surface area contributed by atoms with Crippen LogP contribution in [0.25, 0.3) is 11.1 Å². The van der Waals surface area contributed by atoms with E-state index in [1.807, 2.05) is 42.7 Å². The van der Waals surface area contributed by atoms with Gasteiger partial charge in [-0.2, -0.15) is 0 Å². The molecule has 0 aliphatic rings. The number of rotatable bonds is 1. The third-order valence-corrected chi connectivity index (χ3v) is 3.25. The Bertz CT molecular complexity index is 507. The molecule has 18 heavy (non-hydrogen) atoms. The quantitative estimate of drug-likeness (QED) is 0.606. The molecule has 3 rings (SSSR count). The molecule has 0 fully saturated rings. The molecule has 0 saturated carbocycles. The number of benzene rings is 1. The van der Waals surface area contributed by atoms with Crippen LogP contribution in [0.3, 0.4) is 0 Å². The minimum absolute atomic E-state index is 1.21. The van der Waals surface area contributed by atoms with E-state index < -0.39 is 0 Å². The van der Waals surface area contributed by atoms with Crippen LogP contribution in [0.2, 0.25) is 0 Å². The first-order valence-corrected chi connectivity index (χ1v) is 6.70. The fraction of sp³-hybridized carbons (Fsp3) is 0.0625. The fourth-order valence-electron chi connectivity index (χ4n) is 1.54. The van der Waals surface area contributed by atoms with Crippen molar-refractivity contribution in [2.45, 2.75) is 6.92 Å². The summed E-state index contributed by atoms with van der Waals surface area (Å²) in [6, 6.07) is 18.5. The first-order chi connectivity index (χ1) is 8.86. The molecule has 0 N–H and O–H groups in total. The molecule has 0 saturated heterocycles. The monoisotopic (exact) mass is 253 g/mol. The largest absolute Gasteiger partial charge is 0.265 e. The number of nitrogens with zero attached hydrogens (tertiary/aromatic N) is 1. The van der Waals surface area contributed by atoms with E-state index in [0.717, 1.165) is 0 Å². The van der Waals surface area contributed by atoms with E-state index in [2.05, 4.69) is 41.6 Å². The molecule has 2 heteroatoms. The summed E-state index contributed by atoms with van der Waals surface area (Å²) in [6.07, 6.45) is 3.62. The Morgan fingerprint density at radius 2 is 1.44 bits per heavy atom. The van der Waals surface area contributed by atoms with Crippen molar-refractivity contribution in [2.75, 3.05) is 0 Å². The van der Waals surface area contributed by atoms with Gasteiger partial charge in [0.25, 0.3) is 0 Å². The molecule has 0 amide bonds. The normalized spacial score (nSPS) is 9.39. The van der Waals surface area contributed by atoms with Crippen molar-refractivity contribution in [1.29, 1.82) is 0 Å². The molecule has 1 nitrogen and oxygen atoms in total. The topological polar surface area (TPSA) is 12.9 Å². The number of hydrogen-bond donors (Lipinski definition) is 0. The highest BCUT2D eigenvalue weighted by atomic mass is 32.1. The number of pyridine rings is 1. The second-order valence-electron chi connectivity index (χ2n) is 3.83. The van der Waals surface area contributed by atoms with Crippen molar-refractivity contribution in [3.8, 4) is 11.1 Å². The summed E-state index contributed by atoms with van der Waals surface area (Å²) in [5.74, 6) is 0. The van der Waals surface area contributed by atoms with Gasteiger partial charge >= 0.3 is 0 Å². The van der Waals surface area contributed by atoms with Crippen LogP contribution in [0.15, 0.2) is 72.4 Å². The summed E-state index contributed by atoms with van der Waals surface area (Å²) in [5.41, 5.74) is 2.45. The molecular weight excluding hydrogens is 238 g/mol. The fourth-order valence-corrected chi connectivity index (χ4v) is 2.06. The summed E-state index contributed by atoms with van der Waals surface area (Å²) >= 11 is 1.78. The summed E-state index contributed by atoms with van der Waals surface area (Å²) in [6.45, 7) is 2.10. The van der Waals surface area contributed by atoms with Crippen LogP contribution in [0.5, 0.6) is 0 Å². The van der Waals surface area contributed by atoms with Crippen molar-refractivity contribution in [2.24, 2.45) is 0 Å². The summed E-state index contributed by atoms with van der Waals surface area (Å²) in [7, 11) is 0. The van der Waals surface area contributed by atoms with Gasteiger partial charge in [0, 0.05) is 17.3 Å². The standard InChI is InChI=1S/C11H9N.C5H6S/c1-2-4-10(5-3-1)11-6-8-12-9-7-11;1-5-3-2-4-6-5/h1-9H;2-4H,1H3. The molecule has 0 spiro atoms. The van der Waals surface area contributed by atoms with Gasteiger partial charge in [-0.25, -0.2) is 0 Å². The van der Waals surface area contributed by atoms with Gasteiger partial charge < -0.3 is 0 Å². The molecule has 0 aliphatic heterocycles. The van der Waals surface area contributed by atoms with Crippen LogP contribution in [0.1, 0.15) is 4.88 Å². The zero-order chi connectivity index (χ0) is 12.6. The van der Waals surface area contributed by atoms with Gasteiger partial charge in [-0.15, -0.1) is 11.3 Å². The van der Waals surface area contributed by atoms with Crippen LogP contribution >= 0.6 is 11.3 Å². The maximum atomic E-state index is 3.97. The summed E-state index contributed by atoms with van der Waals surface area (Å²) in [4.78, 5) is 5.36. The second-order valence-corrected chi connectivity index (χ2v) is 4.98. The lowest BCUT2D eigenvalue weighted by Crippen LogP contribution is -1.76. The van der Waals surface area contributed by atoms with Gasteiger partial charge in [0.15, 0.2) is 0 Å². The highest BCUT2D eigenvalue weighted by molar-refractivity contribution is 7.09. The number of aromatic nitrogens is 1. The zero-order valence-corrected chi connectivity index (χ0v) is 11.1. The first-order valence-electron chi connectivity index (χ1n) is 5.82. The third-order valence-electron chi connectivity index (χ3n) is 2.45. The van der Waals surface area contributed by atoms with E-state index in [1.165, 1.54) is 16.0 Å². The van der Waals surface area contributed by atoms with E-state index in [4.69, 9.17) is 0 Å². The van der Waals surface area contributed by atoms with Gasteiger partial charge in [-0.3, -0.25) is 4.98 Å². The molecule has 1 aromatic carbocycles. The molecular formula is C16H15NS. The van der Waals surface area contributed by atoms with Crippen molar-refractivity contribution < 1.29 is 0 Å². The maximum Gasteiger partial charge on any atom is 0.0273 e. The Kier molecular flexibility index (Phi) is 4.68. The maximum absolute atomic E-state index is 3.97. The van der Waals surface area contributed by atoms with E-state index in [1.54, 1.807) is 11.3 Å². The Morgan fingerprint density at radius 3 is 1.94 bits per heavy atom. The average molecular weight is 253 g/mol. The zero-order valence-electron chi connectivity index (χ0n) is 10.3. The molecule has 3 aromatic rings. The molecule has 0 bridgehead atoms. The first kappa shape index (κ1) is 12.5. The smallest absolute Gasteiger partial charge is 0.0273 e. The van der Waals surface area contributed by atoms with Crippen LogP contribution < -0.4 is 0 Å². The highest BCUT2D eigenvalue weighted by Crippen LogP contribution is 2.16. The van der Waals surface area contributed by atoms with E-state index in [9.17, 15) is 0 Å². The van der Waals surface area contributed by atoms with Crippen LogP contribution in [-0.2, 0) is 0 Å². The van der Waals surface area contributed by atoms with E-state index in [0.29, 0.717) is 0 Å². The number of thiophene rings is 1. The lowest BCUT2D eigenvalue weighted by atomic mass is 10.1. The third kappa shape index (κ3) is 3.82. The molecule has 0 radical (unpaired) electrons. The molecule has 0 unspecified atom stereocenters. The van der Waals surface area contributed by atoms with Crippen molar-refractivity contribution >= 4 is 11.3 Å². The Morgan fingerprint density at radius 1 is 0.778 bits per heavy atom. The predicted molar refractivity (Wildman–Crippen MR) is 78.7 cm³/mol. The molecule has 2 heterocycles. The average Bonchev–Trinajstić information content (AvgIpc) is 2.93. The Hall–Kier alpha value is -1.93. The number of hydrogen-bond acceptors (Lipinski definition) is 2. The van der Waals surface area contributed by atoms with Gasteiger partial charge in [-0.05, 0) is 41.6 Å². The van der Waals surface area contributed by atoms with E-state index >= 15 is 0 Å². The summed E-state index contributed by atoms with van der Waals surface area (Å²) < 4.78 is 0. The summed E-state index contributed by atoms with van der Waals surface area (Å²) in [5, 5.41) is 2.08. The van der Waals surface area contributed by atoms with Gasteiger partial charge in [0.05, 0.1) is 0 Å². The van der Waals surface area contributed by atoms with Gasteiger partial charge in [-0.1, -0.05) is 36.4 Å². The van der Waals surface area contributed by atoms with E-state index in [-0.39, 0.29) is 0 Å². The Balaban J connectivity index is 0.000000169. The van der Waals surface area contributed by atoms with Crippen molar-refractivity contribution in [1.82, 2.24) is 4.98 Å². The second kappa shape index (κ2) is 6.72. The molecule has 0 aliphatic carbocycles. The molecule has 0 atom stereocenters. The minimum atomic E-state index is 1.21. The van der Waals surface area contributed by atoms with Crippen LogP contribution in [-0.4, -0.2) is 4.98 Å². The lowest BCUT2D eigenvalue weighted by Gasteiger charge is -1.98. The Labute approximate surface area is 112 Å². The minimum Gasteiger partial charge on any atom is -0.265 e. The number of aryl methyl sites for hydroxylation is 1. The lowest BCUT2D eigenvalue weighted by molar-refractivity contribution is 1.33. The van der Waals surface area contributed by atoms with Crippen molar-refractivity contribution in [3.05, 3.63) is 77.2 Å². The highest BCUT2D eigenvalue weighted by Gasteiger charge is 1.92. The predicted octanol–water partition coefficient (Wildman–Crippen LogP) is 4.81. The van der Waals surface area contributed by atoms with Crippen LogP contribution in [0.4, 0.5) is 0 Å². The van der Waals surface area contributed by atoms with Gasteiger partial charge in [0.1, 0.15) is 0 Å². The molecule has 90 valence electrons. The SMILES string of the molecule is Cc1cccs1.c1ccc(-c2ccncc2)cc1. The van der Waals surface area contributed by atoms with Crippen molar-refractivity contribution in [3.63, 3.8) is 0 Å².